The molecule has 0 saturated carbocycles. The van der Waals surface area contributed by atoms with Crippen LogP contribution in [0.25, 0.3) is 0 Å². The Labute approximate surface area is 130 Å². The molecule has 2 rings (SSSR count). The summed E-state index contributed by atoms with van der Waals surface area (Å²) in [7, 11) is 0. The Bertz CT molecular complexity index is 504. The van der Waals surface area contributed by atoms with Crippen molar-refractivity contribution >= 4 is 43.5 Å². The molecular weight excluding hydrogens is 374 g/mol. The van der Waals surface area contributed by atoms with Crippen molar-refractivity contribution in [3.05, 3.63) is 26.6 Å². The van der Waals surface area contributed by atoms with Crippen molar-refractivity contribution in [2.75, 3.05) is 18.0 Å². The Balaban J connectivity index is 2.34. The monoisotopic (exact) mass is 389 g/mol. The van der Waals surface area contributed by atoms with Gasteiger partial charge in [0.15, 0.2) is 0 Å². The van der Waals surface area contributed by atoms with Crippen LogP contribution in [0.2, 0.25) is 0 Å². The summed E-state index contributed by atoms with van der Waals surface area (Å²) < 4.78 is 1.61. The van der Waals surface area contributed by atoms with Crippen LogP contribution >= 0.6 is 31.9 Å². The number of carbonyl (C=O) groups is 1. The van der Waals surface area contributed by atoms with Crippen molar-refractivity contribution in [1.82, 2.24) is 0 Å². The van der Waals surface area contributed by atoms with E-state index >= 15 is 0 Å². The summed E-state index contributed by atoms with van der Waals surface area (Å²) in [4.78, 5) is 13.6. The van der Waals surface area contributed by atoms with Crippen molar-refractivity contribution in [1.29, 1.82) is 0 Å². The molecule has 1 aliphatic heterocycles. The summed E-state index contributed by atoms with van der Waals surface area (Å²) in [6, 6.07) is 3.57. The van der Waals surface area contributed by atoms with Crippen LogP contribution in [0.3, 0.4) is 0 Å². The second-order valence-corrected chi connectivity index (χ2v) is 6.92. The molecule has 0 bridgehead atoms. The summed E-state index contributed by atoms with van der Waals surface area (Å²) in [5.41, 5.74) is 1.50. The normalized spacial score (nSPS) is 17.2. The number of nitrogens with zero attached hydrogens (tertiary/aromatic N) is 1. The molecule has 0 aromatic heterocycles. The molecule has 1 heterocycles. The van der Waals surface area contributed by atoms with Crippen molar-refractivity contribution in [3.63, 3.8) is 0 Å². The second kappa shape index (κ2) is 5.44. The minimum absolute atomic E-state index is 0.349. The maximum Gasteiger partial charge on any atom is 0.337 e. The fourth-order valence-electron chi connectivity index (χ4n) is 2.67. The maximum absolute atomic E-state index is 11.4. The second-order valence-electron chi connectivity index (χ2n) is 5.15. The van der Waals surface area contributed by atoms with E-state index in [-0.39, 0.29) is 0 Å². The van der Waals surface area contributed by atoms with Gasteiger partial charge in [-0.25, -0.2) is 4.79 Å². The van der Waals surface area contributed by atoms with Gasteiger partial charge in [-0.1, -0.05) is 29.8 Å². The van der Waals surface area contributed by atoms with Gasteiger partial charge in [0, 0.05) is 27.4 Å². The Hall–Kier alpha value is -0.550. The minimum atomic E-state index is -0.887. The molecule has 1 N–H and O–H groups in total. The lowest BCUT2D eigenvalue weighted by Crippen LogP contribution is -2.56. The van der Waals surface area contributed by atoms with E-state index in [1.165, 1.54) is 0 Å². The molecule has 3 nitrogen and oxygen atoms in total. The third-order valence-electron chi connectivity index (χ3n) is 4.13. The molecule has 0 unspecified atom stereocenters. The largest absolute Gasteiger partial charge is 0.478 e. The molecule has 0 aliphatic carbocycles. The molecule has 1 aliphatic rings. The number of halogens is 2. The van der Waals surface area contributed by atoms with Crippen LogP contribution in [0, 0.1) is 5.41 Å². The predicted molar refractivity (Wildman–Crippen MR) is 84.0 cm³/mol. The predicted octanol–water partition coefficient (Wildman–Crippen LogP) is 4.54. The number of anilines is 1. The van der Waals surface area contributed by atoms with Crippen LogP contribution < -0.4 is 4.90 Å². The lowest BCUT2D eigenvalue weighted by atomic mass is 9.75. The molecule has 0 atom stereocenters. The lowest BCUT2D eigenvalue weighted by molar-refractivity contribution is 0.0696. The van der Waals surface area contributed by atoms with Gasteiger partial charge in [-0.05, 0) is 40.9 Å². The summed E-state index contributed by atoms with van der Waals surface area (Å²) in [6.07, 6.45) is 2.27. The molecule has 1 saturated heterocycles. The SMILES string of the molecule is CCC1(CC)CN(c2c(Br)cc(Br)cc2C(=O)O)C1. The van der Waals surface area contributed by atoms with Crippen LogP contribution in [0.1, 0.15) is 37.0 Å². The van der Waals surface area contributed by atoms with Crippen LogP contribution in [0.4, 0.5) is 5.69 Å². The van der Waals surface area contributed by atoms with Gasteiger partial charge >= 0.3 is 5.97 Å². The van der Waals surface area contributed by atoms with Gasteiger partial charge < -0.3 is 10.0 Å². The molecule has 1 aromatic rings. The highest BCUT2D eigenvalue weighted by molar-refractivity contribution is 9.11. The van der Waals surface area contributed by atoms with Gasteiger partial charge in [0.2, 0.25) is 0 Å². The van der Waals surface area contributed by atoms with Gasteiger partial charge in [0.1, 0.15) is 0 Å². The number of hydrogen-bond acceptors (Lipinski definition) is 2. The Morgan fingerprint density at radius 1 is 1.32 bits per heavy atom. The van der Waals surface area contributed by atoms with E-state index < -0.39 is 5.97 Å². The van der Waals surface area contributed by atoms with Crippen molar-refractivity contribution in [2.45, 2.75) is 26.7 Å². The molecule has 1 fully saturated rings. The van der Waals surface area contributed by atoms with Gasteiger partial charge in [-0.2, -0.15) is 0 Å². The highest BCUT2D eigenvalue weighted by atomic mass is 79.9. The average molecular weight is 391 g/mol. The molecule has 19 heavy (non-hydrogen) atoms. The molecule has 0 amide bonds. The third-order valence-corrected chi connectivity index (χ3v) is 5.19. The molecule has 5 heteroatoms. The van der Waals surface area contributed by atoms with E-state index in [1.807, 2.05) is 6.07 Å². The number of benzene rings is 1. The first-order valence-corrected chi connectivity index (χ1v) is 7.98. The van der Waals surface area contributed by atoms with E-state index in [2.05, 4.69) is 50.6 Å². The number of carboxylic acids is 1. The van der Waals surface area contributed by atoms with E-state index in [1.54, 1.807) is 6.07 Å². The number of rotatable bonds is 4. The number of carboxylic acid groups (broad SMARTS) is 1. The first-order chi connectivity index (χ1) is 8.92. The zero-order valence-corrected chi connectivity index (χ0v) is 14.2. The van der Waals surface area contributed by atoms with Crippen molar-refractivity contribution < 1.29 is 9.90 Å². The first kappa shape index (κ1) is 14.9. The topological polar surface area (TPSA) is 40.5 Å². The molecule has 104 valence electrons. The smallest absolute Gasteiger partial charge is 0.337 e. The van der Waals surface area contributed by atoms with Gasteiger partial charge in [0.25, 0.3) is 0 Å². The van der Waals surface area contributed by atoms with Crippen LogP contribution in [-0.4, -0.2) is 24.2 Å². The number of hydrogen-bond donors (Lipinski definition) is 1. The molecule has 0 radical (unpaired) electrons. The Morgan fingerprint density at radius 3 is 2.37 bits per heavy atom. The Kier molecular flexibility index (Phi) is 4.26. The van der Waals surface area contributed by atoms with Gasteiger partial charge in [-0.3, -0.25) is 0 Å². The van der Waals surface area contributed by atoms with E-state index in [0.29, 0.717) is 11.0 Å². The zero-order valence-electron chi connectivity index (χ0n) is 11.0. The molecule has 1 aromatic carbocycles. The fourth-order valence-corrected chi connectivity index (χ4v) is 4.15. The van der Waals surface area contributed by atoms with Crippen LogP contribution in [-0.2, 0) is 0 Å². The van der Waals surface area contributed by atoms with Crippen LogP contribution in [0.15, 0.2) is 21.1 Å². The van der Waals surface area contributed by atoms with E-state index in [0.717, 1.165) is 40.6 Å². The highest BCUT2D eigenvalue weighted by Gasteiger charge is 2.41. The van der Waals surface area contributed by atoms with Crippen LogP contribution in [0.5, 0.6) is 0 Å². The summed E-state index contributed by atoms with van der Waals surface area (Å²) in [5, 5.41) is 9.36. The summed E-state index contributed by atoms with van der Waals surface area (Å²) in [6.45, 7) is 6.27. The minimum Gasteiger partial charge on any atom is -0.478 e. The van der Waals surface area contributed by atoms with Crippen molar-refractivity contribution in [3.8, 4) is 0 Å². The maximum atomic E-state index is 11.4. The number of aromatic carboxylic acids is 1. The van der Waals surface area contributed by atoms with Gasteiger partial charge in [-0.15, -0.1) is 0 Å². The fraction of sp³-hybridized carbons (Fsp3) is 0.500. The van der Waals surface area contributed by atoms with E-state index in [9.17, 15) is 9.90 Å². The quantitative estimate of drug-likeness (QED) is 0.820. The third kappa shape index (κ3) is 2.68. The van der Waals surface area contributed by atoms with Gasteiger partial charge in [0.05, 0.1) is 11.3 Å². The lowest BCUT2D eigenvalue weighted by Gasteiger charge is -2.51. The highest BCUT2D eigenvalue weighted by Crippen LogP contribution is 2.44. The molecule has 0 spiro atoms. The Morgan fingerprint density at radius 2 is 1.89 bits per heavy atom. The van der Waals surface area contributed by atoms with Crippen molar-refractivity contribution in [2.24, 2.45) is 5.41 Å². The van der Waals surface area contributed by atoms with E-state index in [4.69, 9.17) is 0 Å². The summed E-state index contributed by atoms with van der Waals surface area (Å²) in [5.74, 6) is -0.887. The molecular formula is C14H17Br2NO2. The first-order valence-electron chi connectivity index (χ1n) is 6.39. The average Bonchev–Trinajstić information content (AvgIpc) is 2.30. The summed E-state index contributed by atoms with van der Waals surface area (Å²) >= 11 is 6.83. The zero-order chi connectivity index (χ0) is 14.2. The standard InChI is InChI=1S/C14H17Br2NO2/c1-3-14(4-2)7-17(8-14)12-10(13(18)19)5-9(15)6-11(12)16/h5-6H,3-4,7-8H2,1-2H3,(H,18,19).